The van der Waals surface area contributed by atoms with E-state index in [1.54, 1.807) is 18.5 Å². The predicted octanol–water partition coefficient (Wildman–Crippen LogP) is 4.51. The highest BCUT2D eigenvalue weighted by Crippen LogP contribution is 2.28. The topological polar surface area (TPSA) is 57.2 Å². The highest BCUT2D eigenvalue weighted by atomic mass is 19.1. The minimum atomic E-state index is -0.215. The van der Waals surface area contributed by atoms with Crippen molar-refractivity contribution in [3.05, 3.63) is 60.3 Å². The molecule has 6 nitrogen and oxygen atoms in total. The molecule has 1 N–H and O–H groups in total. The number of benzene rings is 1. The number of anilines is 3. The normalized spacial score (nSPS) is 14.8. The summed E-state index contributed by atoms with van der Waals surface area (Å²) in [4.78, 5) is 17.7. The molecule has 0 saturated carbocycles. The van der Waals surface area contributed by atoms with Gasteiger partial charge in [-0.1, -0.05) is 6.92 Å². The number of hydrogen-bond acceptors (Lipinski definition) is 6. The second-order valence-corrected chi connectivity index (χ2v) is 8.13. The average molecular weight is 421 g/mol. The smallest absolute Gasteiger partial charge is 0.161 e. The van der Waals surface area contributed by atoms with Crippen molar-refractivity contribution in [1.82, 2.24) is 19.9 Å². The van der Waals surface area contributed by atoms with Gasteiger partial charge in [-0.05, 0) is 63.7 Å². The molecule has 1 aliphatic heterocycles. The van der Waals surface area contributed by atoms with Crippen LogP contribution in [0.15, 0.2) is 48.8 Å². The molecule has 0 spiro atoms. The van der Waals surface area contributed by atoms with E-state index in [9.17, 15) is 4.39 Å². The Hall–Kier alpha value is -3.06. The van der Waals surface area contributed by atoms with Crippen molar-refractivity contribution in [2.45, 2.75) is 32.2 Å². The SMILES string of the molecule is CCc1cc(Nc2ccc(N3CCC(N(C)C)CC3)c(F)c2)nc(-c2ccncc2)n1. The van der Waals surface area contributed by atoms with Gasteiger partial charge in [0.15, 0.2) is 5.82 Å². The molecule has 0 amide bonds. The molecule has 3 aromatic rings. The van der Waals surface area contributed by atoms with Crippen LogP contribution in [0.5, 0.6) is 0 Å². The van der Waals surface area contributed by atoms with Gasteiger partial charge in [0, 0.05) is 54.5 Å². The van der Waals surface area contributed by atoms with Gasteiger partial charge in [0.25, 0.3) is 0 Å². The molecule has 1 aliphatic rings. The van der Waals surface area contributed by atoms with Gasteiger partial charge >= 0.3 is 0 Å². The number of nitrogens with one attached hydrogen (secondary N) is 1. The molecule has 0 bridgehead atoms. The fourth-order valence-corrected chi connectivity index (χ4v) is 3.98. The molecular weight excluding hydrogens is 391 g/mol. The highest BCUT2D eigenvalue weighted by molar-refractivity contribution is 5.64. The first kappa shape index (κ1) is 21.2. The average Bonchev–Trinajstić information content (AvgIpc) is 2.79. The van der Waals surface area contributed by atoms with Crippen LogP contribution in [-0.2, 0) is 6.42 Å². The first-order valence-corrected chi connectivity index (χ1v) is 10.8. The lowest BCUT2D eigenvalue weighted by atomic mass is 10.0. The van der Waals surface area contributed by atoms with Crippen molar-refractivity contribution in [2.24, 2.45) is 0 Å². The summed E-state index contributed by atoms with van der Waals surface area (Å²) in [6.45, 7) is 3.79. The van der Waals surface area contributed by atoms with Gasteiger partial charge in [-0.2, -0.15) is 0 Å². The molecule has 0 aliphatic carbocycles. The molecule has 0 atom stereocenters. The number of rotatable bonds is 6. The van der Waals surface area contributed by atoms with Crippen molar-refractivity contribution >= 4 is 17.2 Å². The van der Waals surface area contributed by atoms with Crippen molar-refractivity contribution in [2.75, 3.05) is 37.4 Å². The molecule has 7 heteroatoms. The number of halogens is 1. The summed E-state index contributed by atoms with van der Waals surface area (Å²) in [5.74, 6) is 1.06. The van der Waals surface area contributed by atoms with E-state index in [2.05, 4.69) is 51.1 Å². The summed E-state index contributed by atoms with van der Waals surface area (Å²) < 4.78 is 15.0. The summed E-state index contributed by atoms with van der Waals surface area (Å²) in [5, 5.41) is 3.25. The Labute approximate surface area is 183 Å². The molecule has 1 fully saturated rings. The van der Waals surface area contributed by atoms with Gasteiger partial charge in [-0.25, -0.2) is 14.4 Å². The molecule has 0 unspecified atom stereocenters. The maximum Gasteiger partial charge on any atom is 0.161 e. The van der Waals surface area contributed by atoms with Crippen molar-refractivity contribution in [1.29, 1.82) is 0 Å². The van der Waals surface area contributed by atoms with E-state index in [0.29, 0.717) is 29.1 Å². The summed E-state index contributed by atoms with van der Waals surface area (Å²) >= 11 is 0. The van der Waals surface area contributed by atoms with Crippen LogP contribution < -0.4 is 10.2 Å². The van der Waals surface area contributed by atoms with Crippen molar-refractivity contribution in [3.63, 3.8) is 0 Å². The zero-order valence-corrected chi connectivity index (χ0v) is 18.3. The first-order chi connectivity index (χ1) is 15.0. The van der Waals surface area contributed by atoms with Crippen molar-refractivity contribution < 1.29 is 4.39 Å². The zero-order chi connectivity index (χ0) is 21.8. The lowest BCUT2D eigenvalue weighted by Crippen LogP contribution is -2.42. The monoisotopic (exact) mass is 420 g/mol. The summed E-state index contributed by atoms with van der Waals surface area (Å²) in [7, 11) is 4.22. The van der Waals surface area contributed by atoms with Gasteiger partial charge in [0.05, 0.1) is 5.69 Å². The summed E-state index contributed by atoms with van der Waals surface area (Å²) in [5.41, 5.74) is 3.16. The molecule has 31 heavy (non-hydrogen) atoms. The lowest BCUT2D eigenvalue weighted by molar-refractivity contribution is 0.249. The van der Waals surface area contributed by atoms with Gasteiger partial charge in [-0.3, -0.25) is 4.98 Å². The van der Waals surface area contributed by atoms with Gasteiger partial charge in [0.1, 0.15) is 11.6 Å². The second-order valence-electron chi connectivity index (χ2n) is 8.13. The van der Waals surface area contributed by atoms with Crippen LogP contribution in [0.1, 0.15) is 25.5 Å². The van der Waals surface area contributed by atoms with Crippen molar-refractivity contribution in [3.8, 4) is 11.4 Å². The Kier molecular flexibility index (Phi) is 6.42. The number of pyridine rings is 1. The summed E-state index contributed by atoms with van der Waals surface area (Å²) in [6.07, 6.45) is 6.32. The molecular formula is C24H29FN6. The Morgan fingerprint density at radius 1 is 1.06 bits per heavy atom. The van der Waals surface area contributed by atoms with E-state index in [4.69, 9.17) is 0 Å². The van der Waals surface area contributed by atoms with Crippen LogP contribution in [-0.4, -0.2) is 53.1 Å². The van der Waals surface area contributed by atoms with Crippen LogP contribution >= 0.6 is 0 Å². The Bertz CT molecular complexity index is 1020. The third-order valence-corrected chi connectivity index (χ3v) is 5.84. The number of aromatic nitrogens is 3. The molecule has 1 aromatic carbocycles. The Morgan fingerprint density at radius 3 is 2.45 bits per heavy atom. The number of nitrogens with zero attached hydrogens (tertiary/aromatic N) is 5. The minimum absolute atomic E-state index is 0.215. The Balaban J connectivity index is 1.52. The standard InChI is InChI=1S/C24H29FN6/c1-4-18-16-23(29-24(28-18)17-7-11-26-12-8-17)27-19-5-6-22(21(25)15-19)31-13-9-20(10-14-31)30(2)3/h5-8,11-12,15-16,20H,4,9-10,13-14H2,1-3H3,(H,27,28,29). The Morgan fingerprint density at radius 2 is 1.81 bits per heavy atom. The van der Waals surface area contributed by atoms with Crippen LogP contribution in [0.25, 0.3) is 11.4 Å². The van der Waals surface area contributed by atoms with E-state index in [0.717, 1.165) is 43.6 Å². The first-order valence-electron chi connectivity index (χ1n) is 10.8. The maximum atomic E-state index is 15.0. The quantitative estimate of drug-likeness (QED) is 0.633. The third-order valence-electron chi connectivity index (χ3n) is 5.84. The molecule has 3 heterocycles. The minimum Gasteiger partial charge on any atom is -0.369 e. The highest BCUT2D eigenvalue weighted by Gasteiger charge is 2.22. The maximum absolute atomic E-state index is 15.0. The van der Waals surface area contributed by atoms with Gasteiger partial charge in [0.2, 0.25) is 0 Å². The van der Waals surface area contributed by atoms with Gasteiger partial charge < -0.3 is 15.1 Å². The number of piperidine rings is 1. The van der Waals surface area contributed by atoms with E-state index < -0.39 is 0 Å². The number of hydrogen-bond donors (Lipinski definition) is 1. The molecule has 2 aromatic heterocycles. The third kappa shape index (κ3) is 4.99. The predicted molar refractivity (Wildman–Crippen MR) is 123 cm³/mol. The largest absolute Gasteiger partial charge is 0.369 e. The van der Waals surface area contributed by atoms with Crippen LogP contribution in [0, 0.1) is 5.82 Å². The molecule has 1 saturated heterocycles. The molecule has 162 valence electrons. The number of aryl methyl sites for hydroxylation is 1. The van der Waals surface area contributed by atoms with Crippen LogP contribution in [0.2, 0.25) is 0 Å². The molecule has 4 rings (SSSR count). The zero-order valence-electron chi connectivity index (χ0n) is 18.3. The van der Waals surface area contributed by atoms with E-state index in [1.807, 2.05) is 30.3 Å². The van der Waals surface area contributed by atoms with E-state index >= 15 is 0 Å². The molecule has 0 radical (unpaired) electrons. The lowest BCUT2D eigenvalue weighted by Gasteiger charge is -2.36. The van der Waals surface area contributed by atoms with E-state index in [-0.39, 0.29) is 5.82 Å². The van der Waals surface area contributed by atoms with Crippen LogP contribution in [0.4, 0.5) is 21.6 Å². The van der Waals surface area contributed by atoms with Crippen LogP contribution in [0.3, 0.4) is 0 Å². The van der Waals surface area contributed by atoms with E-state index in [1.165, 1.54) is 0 Å². The summed E-state index contributed by atoms with van der Waals surface area (Å²) in [6, 6.07) is 11.6. The van der Waals surface area contributed by atoms with Gasteiger partial charge in [-0.15, -0.1) is 0 Å². The fourth-order valence-electron chi connectivity index (χ4n) is 3.98. The fraction of sp³-hybridized carbons (Fsp3) is 0.375. The second kappa shape index (κ2) is 9.39.